The van der Waals surface area contributed by atoms with Crippen LogP contribution in [0.25, 0.3) is 21.3 Å². The van der Waals surface area contributed by atoms with E-state index in [2.05, 4.69) is 25.3 Å². The van der Waals surface area contributed by atoms with Crippen LogP contribution in [0.1, 0.15) is 0 Å². The zero-order valence-electron chi connectivity index (χ0n) is 11.9. The molecule has 0 spiro atoms. The molecule has 1 aromatic carbocycles. The van der Waals surface area contributed by atoms with Crippen molar-refractivity contribution in [3.8, 4) is 5.75 Å². The Morgan fingerprint density at radius 1 is 1.33 bits per heavy atom. The molecule has 0 saturated carbocycles. The van der Waals surface area contributed by atoms with E-state index in [0.29, 0.717) is 22.5 Å². The van der Waals surface area contributed by atoms with E-state index in [1.54, 1.807) is 18.2 Å². The molecule has 3 heterocycles. The van der Waals surface area contributed by atoms with Gasteiger partial charge in [0.05, 0.1) is 10.2 Å². The molecular formula is C14H9N5O4S. The Kier molecular flexibility index (Phi) is 3.17. The molecule has 9 nitrogen and oxygen atoms in total. The summed E-state index contributed by atoms with van der Waals surface area (Å²) in [7, 11) is 0. The quantitative estimate of drug-likeness (QED) is 0.420. The van der Waals surface area contributed by atoms with Crippen molar-refractivity contribution in [3.63, 3.8) is 0 Å². The third kappa shape index (κ3) is 2.44. The fourth-order valence-corrected chi connectivity index (χ4v) is 3.14. The zero-order valence-corrected chi connectivity index (χ0v) is 12.7. The molecule has 4 aromatic rings. The molecule has 120 valence electrons. The van der Waals surface area contributed by atoms with Crippen molar-refractivity contribution in [1.82, 2.24) is 19.9 Å². The number of hydrogen-bond acceptors (Lipinski definition) is 7. The van der Waals surface area contributed by atoms with Gasteiger partial charge >= 0.3 is 11.0 Å². The summed E-state index contributed by atoms with van der Waals surface area (Å²) in [6.45, 7) is 0. The Bertz CT molecular complexity index is 1130. The highest BCUT2D eigenvalue weighted by atomic mass is 32.1. The third-order valence-electron chi connectivity index (χ3n) is 3.31. The number of carbonyl (C=O) groups is 1. The first-order chi connectivity index (χ1) is 11.6. The SMILES string of the molecule is O=C(O)Oc1c[nH]c2ncnc(Nc3ccc4[nH]c(=O)sc4c3)c12. The minimum atomic E-state index is -1.43. The first-order valence-electron chi connectivity index (χ1n) is 6.73. The number of rotatable bonds is 3. The second-order valence-corrected chi connectivity index (χ2v) is 5.83. The number of nitrogens with zero attached hydrogens (tertiary/aromatic N) is 2. The summed E-state index contributed by atoms with van der Waals surface area (Å²) in [6.07, 6.45) is 1.32. The number of aromatic amines is 2. The van der Waals surface area contributed by atoms with E-state index in [1.165, 1.54) is 12.5 Å². The maximum absolute atomic E-state index is 11.4. The van der Waals surface area contributed by atoms with Crippen LogP contribution in [-0.2, 0) is 0 Å². The van der Waals surface area contributed by atoms with Crippen molar-refractivity contribution in [3.05, 3.63) is 40.4 Å². The van der Waals surface area contributed by atoms with E-state index < -0.39 is 6.16 Å². The number of anilines is 2. The van der Waals surface area contributed by atoms with Crippen LogP contribution in [0.3, 0.4) is 0 Å². The van der Waals surface area contributed by atoms with Crippen LogP contribution in [0.15, 0.2) is 35.5 Å². The van der Waals surface area contributed by atoms with E-state index in [9.17, 15) is 9.59 Å². The summed E-state index contributed by atoms with van der Waals surface area (Å²) < 4.78 is 5.54. The number of hydrogen-bond donors (Lipinski definition) is 4. The summed E-state index contributed by atoms with van der Waals surface area (Å²) in [5.41, 5.74) is 1.89. The van der Waals surface area contributed by atoms with Gasteiger partial charge in [-0.15, -0.1) is 0 Å². The normalized spacial score (nSPS) is 11.0. The second kappa shape index (κ2) is 5.35. The van der Waals surface area contributed by atoms with Crippen LogP contribution >= 0.6 is 11.3 Å². The van der Waals surface area contributed by atoms with Gasteiger partial charge < -0.3 is 25.1 Å². The fraction of sp³-hybridized carbons (Fsp3) is 0. The number of H-pyrrole nitrogens is 2. The van der Waals surface area contributed by atoms with Gasteiger partial charge in [0.15, 0.2) is 5.75 Å². The van der Waals surface area contributed by atoms with Crippen LogP contribution < -0.4 is 14.9 Å². The van der Waals surface area contributed by atoms with Crippen molar-refractivity contribution >= 4 is 50.2 Å². The van der Waals surface area contributed by atoms with Crippen LogP contribution in [0, 0.1) is 0 Å². The lowest BCUT2D eigenvalue weighted by molar-refractivity contribution is 0.145. The summed E-state index contributed by atoms with van der Waals surface area (Å²) >= 11 is 1.10. The molecule has 0 aliphatic heterocycles. The number of benzene rings is 1. The first kappa shape index (κ1) is 14.2. The predicted molar refractivity (Wildman–Crippen MR) is 88.3 cm³/mol. The predicted octanol–water partition coefficient (Wildman–Crippen LogP) is 2.66. The monoisotopic (exact) mass is 343 g/mol. The molecule has 0 radical (unpaired) electrons. The van der Waals surface area contributed by atoms with Crippen molar-refractivity contribution in [2.75, 3.05) is 5.32 Å². The Balaban J connectivity index is 1.78. The van der Waals surface area contributed by atoms with E-state index in [0.717, 1.165) is 21.6 Å². The van der Waals surface area contributed by atoms with E-state index in [-0.39, 0.29) is 10.6 Å². The van der Waals surface area contributed by atoms with E-state index in [4.69, 9.17) is 9.84 Å². The highest BCUT2D eigenvalue weighted by Gasteiger charge is 2.15. The average molecular weight is 343 g/mol. The Hall–Kier alpha value is -3.40. The third-order valence-corrected chi connectivity index (χ3v) is 4.16. The van der Waals surface area contributed by atoms with Gasteiger partial charge in [0.25, 0.3) is 0 Å². The van der Waals surface area contributed by atoms with Gasteiger partial charge in [-0.1, -0.05) is 11.3 Å². The minimum absolute atomic E-state index is 0.105. The smallest absolute Gasteiger partial charge is 0.449 e. The van der Waals surface area contributed by atoms with Gasteiger partial charge in [-0.05, 0) is 18.2 Å². The summed E-state index contributed by atoms with van der Waals surface area (Å²) in [6, 6.07) is 5.36. The molecule has 0 amide bonds. The summed E-state index contributed by atoms with van der Waals surface area (Å²) in [5, 5.41) is 12.3. The molecule has 0 bridgehead atoms. The summed E-state index contributed by atoms with van der Waals surface area (Å²) in [4.78, 5) is 35.8. The highest BCUT2D eigenvalue weighted by Crippen LogP contribution is 2.32. The molecule has 4 rings (SSSR count). The van der Waals surface area contributed by atoms with Gasteiger partial charge in [-0.2, -0.15) is 0 Å². The molecule has 10 heteroatoms. The van der Waals surface area contributed by atoms with E-state index >= 15 is 0 Å². The zero-order chi connectivity index (χ0) is 16.7. The van der Waals surface area contributed by atoms with Gasteiger partial charge in [-0.3, -0.25) is 4.79 Å². The van der Waals surface area contributed by atoms with Crippen LogP contribution in [0.5, 0.6) is 5.75 Å². The molecule has 0 aliphatic carbocycles. The van der Waals surface area contributed by atoms with Gasteiger partial charge in [0.2, 0.25) is 0 Å². The Morgan fingerprint density at radius 2 is 2.21 bits per heavy atom. The molecule has 3 aromatic heterocycles. The molecular weight excluding hydrogens is 334 g/mol. The fourth-order valence-electron chi connectivity index (χ4n) is 2.36. The molecule has 0 aliphatic rings. The lowest BCUT2D eigenvalue weighted by atomic mass is 10.3. The Labute approximate surface area is 137 Å². The standard InChI is InChI=1S/C14H9N5O4S/c20-13-19-7-2-1-6(3-9(7)24-13)18-12-10-8(23-14(21)22)4-15-11(10)16-5-17-12/h1-5H,(H,19,20)(H,21,22)(H2,15,16,17,18). The maximum Gasteiger partial charge on any atom is 0.511 e. The van der Waals surface area contributed by atoms with Crippen LogP contribution in [0.4, 0.5) is 16.3 Å². The maximum atomic E-state index is 11.4. The molecule has 0 saturated heterocycles. The number of thiazole rings is 1. The lowest BCUT2D eigenvalue weighted by Crippen LogP contribution is -2.03. The molecule has 0 unspecified atom stereocenters. The molecule has 4 N–H and O–H groups in total. The van der Waals surface area contributed by atoms with Crippen LogP contribution in [-0.4, -0.2) is 31.2 Å². The van der Waals surface area contributed by atoms with E-state index in [1.807, 2.05) is 0 Å². The average Bonchev–Trinajstić information content (AvgIpc) is 3.10. The van der Waals surface area contributed by atoms with Crippen molar-refractivity contribution < 1.29 is 14.6 Å². The van der Waals surface area contributed by atoms with Gasteiger partial charge in [0, 0.05) is 11.9 Å². The van der Waals surface area contributed by atoms with Gasteiger partial charge in [-0.25, -0.2) is 14.8 Å². The number of nitrogens with one attached hydrogen (secondary N) is 3. The van der Waals surface area contributed by atoms with Crippen LogP contribution in [0.2, 0.25) is 0 Å². The largest absolute Gasteiger partial charge is 0.511 e. The Morgan fingerprint density at radius 3 is 3.04 bits per heavy atom. The van der Waals surface area contributed by atoms with Crippen molar-refractivity contribution in [1.29, 1.82) is 0 Å². The minimum Gasteiger partial charge on any atom is -0.449 e. The van der Waals surface area contributed by atoms with Crippen molar-refractivity contribution in [2.24, 2.45) is 0 Å². The molecule has 24 heavy (non-hydrogen) atoms. The first-order valence-corrected chi connectivity index (χ1v) is 7.54. The lowest BCUT2D eigenvalue weighted by Gasteiger charge is -2.07. The number of carboxylic acid groups (broad SMARTS) is 1. The highest BCUT2D eigenvalue weighted by molar-refractivity contribution is 7.16. The second-order valence-electron chi connectivity index (χ2n) is 4.82. The number of aromatic nitrogens is 4. The number of fused-ring (bicyclic) bond motifs is 2. The summed E-state index contributed by atoms with van der Waals surface area (Å²) in [5.74, 6) is 0.493. The molecule has 0 atom stereocenters. The van der Waals surface area contributed by atoms with Crippen molar-refractivity contribution in [2.45, 2.75) is 0 Å². The molecule has 0 fully saturated rings. The van der Waals surface area contributed by atoms with Gasteiger partial charge in [0.1, 0.15) is 23.2 Å². The topological polar surface area (TPSA) is 133 Å². The number of ether oxygens (including phenoxy) is 1.